The summed E-state index contributed by atoms with van der Waals surface area (Å²) in [5.74, 6) is 0. The van der Waals surface area contributed by atoms with Crippen LogP contribution in [0, 0.1) is 3.57 Å². The summed E-state index contributed by atoms with van der Waals surface area (Å²) in [6.07, 6.45) is 0. The van der Waals surface area contributed by atoms with Crippen LogP contribution in [0.1, 0.15) is 13.8 Å². The summed E-state index contributed by atoms with van der Waals surface area (Å²) in [5, 5.41) is 11.3. The Morgan fingerprint density at radius 3 is 1.79 bits per heavy atom. The van der Waals surface area contributed by atoms with E-state index in [1.165, 1.54) is 43.1 Å². The van der Waals surface area contributed by atoms with Crippen LogP contribution in [0.15, 0.2) is 66.7 Å². The van der Waals surface area contributed by atoms with Gasteiger partial charge < -0.3 is 0 Å². The number of halogens is 1. The fraction of sp³-hybridized carbons (Fsp3) is 0.130. The van der Waals surface area contributed by atoms with Crippen molar-refractivity contribution < 1.29 is 21.2 Å². The van der Waals surface area contributed by atoms with Gasteiger partial charge in [0.15, 0.2) is 0 Å². The molecule has 24 heavy (non-hydrogen) atoms. The monoisotopic (exact) mass is 421 g/mol. The summed E-state index contributed by atoms with van der Waals surface area (Å²) in [4.78, 5) is 0. The molecule has 0 fully saturated rings. The number of hydrogen-bond acceptors (Lipinski definition) is 0. The van der Waals surface area contributed by atoms with Crippen LogP contribution in [0.3, 0.4) is 0 Å². The molecule has 0 atom stereocenters. The van der Waals surface area contributed by atoms with Gasteiger partial charge in [0.25, 0.3) is 0 Å². The van der Waals surface area contributed by atoms with E-state index in [0.29, 0.717) is 0 Å². The van der Waals surface area contributed by atoms with E-state index in [2.05, 4.69) is 80.6 Å². The van der Waals surface area contributed by atoms with Crippen molar-refractivity contribution in [1.82, 2.24) is 0 Å². The summed E-state index contributed by atoms with van der Waals surface area (Å²) in [6, 6.07) is 25.0. The third-order valence-electron chi connectivity index (χ3n) is 4.81. The Balaban J connectivity index is 2.07. The molecule has 0 aromatic heterocycles. The van der Waals surface area contributed by atoms with Gasteiger partial charge in [-0.2, -0.15) is 0 Å². The average molecular weight is 421 g/mol. The summed E-state index contributed by atoms with van der Waals surface area (Å²) < 4.78 is 2.36. The molecule has 0 spiro atoms. The van der Waals surface area contributed by atoms with Crippen LogP contribution in [-0.2, 0) is 0 Å². The minimum absolute atomic E-state index is 0.0451. The van der Waals surface area contributed by atoms with E-state index in [-0.39, 0.29) is 21.2 Å². The van der Waals surface area contributed by atoms with Crippen molar-refractivity contribution in [3.05, 3.63) is 70.3 Å². The molecule has 0 bridgehead atoms. The van der Waals surface area contributed by atoms with Crippen LogP contribution in [-0.4, -0.2) is 3.92 Å². The Hall–Kier alpha value is -1.87. The Morgan fingerprint density at radius 1 is 0.583 bits per heavy atom. The Labute approximate surface area is 152 Å². The molecule has 1 heteroatoms. The van der Waals surface area contributed by atoms with E-state index in [1.54, 1.807) is 3.57 Å². The summed E-state index contributed by atoms with van der Waals surface area (Å²) in [7, 11) is 0. The zero-order valence-corrected chi connectivity index (χ0v) is 16.0. The Morgan fingerprint density at radius 2 is 1.12 bits per heavy atom. The summed E-state index contributed by atoms with van der Waals surface area (Å²) in [5.41, 5.74) is 0. The third-order valence-corrected chi connectivity index (χ3v) is 7.67. The van der Waals surface area contributed by atoms with Crippen LogP contribution < -0.4 is 21.2 Å². The first-order valence-electron chi connectivity index (χ1n) is 8.45. The first-order chi connectivity index (χ1) is 11.7. The van der Waals surface area contributed by atoms with Gasteiger partial charge in [-0.15, -0.1) is 0 Å². The van der Waals surface area contributed by atoms with Crippen molar-refractivity contribution in [1.29, 1.82) is 0 Å². The first kappa shape index (κ1) is 14.5. The SMILES string of the molecule is CC(C)[I-]c1ccc2c3cccc4cccc(c5cccc1c52)c43. The Bertz CT molecular complexity index is 1150. The standard InChI is InChI=1S/C23H18I/c1-14(2)24-21-13-12-19-17-9-4-7-15-6-3-8-16(22(15)17)18-10-5-11-20(21)23(18)19/h3-14H,1-2H3/q-1. The minimum atomic E-state index is 0.0451. The molecule has 0 radical (unpaired) electrons. The van der Waals surface area contributed by atoms with Crippen molar-refractivity contribution in [2.45, 2.75) is 17.8 Å². The van der Waals surface area contributed by atoms with Crippen molar-refractivity contribution in [3.63, 3.8) is 0 Å². The van der Waals surface area contributed by atoms with Gasteiger partial charge in [0, 0.05) is 0 Å². The molecule has 5 aromatic carbocycles. The van der Waals surface area contributed by atoms with Gasteiger partial charge in [-0.1, -0.05) is 0 Å². The zero-order chi connectivity index (χ0) is 16.3. The zero-order valence-electron chi connectivity index (χ0n) is 13.8. The summed E-state index contributed by atoms with van der Waals surface area (Å²) in [6.45, 7) is 4.69. The third kappa shape index (κ3) is 1.97. The predicted octanol–water partition coefficient (Wildman–Crippen LogP) is 3.40. The van der Waals surface area contributed by atoms with E-state index in [4.69, 9.17) is 0 Å². The van der Waals surface area contributed by atoms with E-state index < -0.39 is 0 Å². The molecule has 0 saturated carbocycles. The summed E-state index contributed by atoms with van der Waals surface area (Å²) >= 11 is 0.0451. The topological polar surface area (TPSA) is 0 Å². The van der Waals surface area contributed by atoms with E-state index >= 15 is 0 Å². The van der Waals surface area contributed by atoms with E-state index in [0.717, 1.165) is 3.92 Å². The molecule has 0 aliphatic rings. The molecular weight excluding hydrogens is 403 g/mol. The number of hydrogen-bond donors (Lipinski definition) is 0. The number of alkyl halides is 1. The number of rotatable bonds is 2. The van der Waals surface area contributed by atoms with Crippen LogP contribution in [0.25, 0.3) is 43.1 Å². The number of fused-ring (bicyclic) bond motifs is 2. The molecule has 0 heterocycles. The predicted molar refractivity (Wildman–Crippen MR) is 101 cm³/mol. The molecule has 0 N–H and O–H groups in total. The van der Waals surface area contributed by atoms with Crippen LogP contribution >= 0.6 is 0 Å². The first-order valence-corrected chi connectivity index (χ1v) is 10.8. The van der Waals surface area contributed by atoms with Gasteiger partial charge in [-0.25, -0.2) is 0 Å². The number of benzene rings is 5. The van der Waals surface area contributed by atoms with E-state index in [1.807, 2.05) is 0 Å². The van der Waals surface area contributed by atoms with Crippen LogP contribution in [0.4, 0.5) is 0 Å². The molecule has 0 unspecified atom stereocenters. The van der Waals surface area contributed by atoms with Gasteiger partial charge >= 0.3 is 152 Å². The molecule has 0 aliphatic heterocycles. The average Bonchev–Trinajstić information content (AvgIpc) is 2.60. The molecule has 118 valence electrons. The van der Waals surface area contributed by atoms with Gasteiger partial charge in [0.1, 0.15) is 0 Å². The van der Waals surface area contributed by atoms with Gasteiger partial charge in [0.05, 0.1) is 0 Å². The normalized spacial score (nSPS) is 12.5. The maximum atomic E-state index is 2.39. The fourth-order valence-electron chi connectivity index (χ4n) is 3.94. The Kier molecular flexibility index (Phi) is 3.21. The quantitative estimate of drug-likeness (QED) is 0.177. The van der Waals surface area contributed by atoms with Gasteiger partial charge in [0.2, 0.25) is 0 Å². The maximum absolute atomic E-state index is 2.39. The second-order valence-corrected chi connectivity index (χ2v) is 10.9. The van der Waals surface area contributed by atoms with Crippen LogP contribution in [0.2, 0.25) is 0 Å². The van der Waals surface area contributed by atoms with Crippen molar-refractivity contribution in [2.75, 3.05) is 0 Å². The van der Waals surface area contributed by atoms with Crippen molar-refractivity contribution >= 4 is 43.1 Å². The molecule has 0 saturated heterocycles. The van der Waals surface area contributed by atoms with Crippen LogP contribution in [0.5, 0.6) is 0 Å². The van der Waals surface area contributed by atoms with Gasteiger partial charge in [-0.3, -0.25) is 0 Å². The van der Waals surface area contributed by atoms with Crippen molar-refractivity contribution in [3.8, 4) is 0 Å². The molecule has 0 nitrogen and oxygen atoms in total. The second-order valence-electron chi connectivity index (χ2n) is 6.66. The molecule has 5 rings (SSSR count). The second kappa shape index (κ2) is 5.32. The molecular formula is C23H18I-. The molecule has 0 amide bonds. The molecule has 0 aliphatic carbocycles. The van der Waals surface area contributed by atoms with Crippen molar-refractivity contribution in [2.24, 2.45) is 0 Å². The fourth-order valence-corrected chi connectivity index (χ4v) is 6.45. The van der Waals surface area contributed by atoms with E-state index in [9.17, 15) is 0 Å². The van der Waals surface area contributed by atoms with Gasteiger partial charge in [-0.05, 0) is 0 Å². The molecule has 5 aromatic rings.